The Morgan fingerprint density at radius 3 is 0.825 bits per heavy atom. The summed E-state index contributed by atoms with van der Waals surface area (Å²) in [7, 11) is 0. The van der Waals surface area contributed by atoms with Gasteiger partial charge in [-0.05, 0) is 25.2 Å². The molecule has 0 bridgehead atoms. The zero-order chi connectivity index (χ0) is 45.9. The lowest BCUT2D eigenvalue weighted by Gasteiger charge is -2.18. The molecule has 63 heavy (non-hydrogen) atoms. The predicted octanol–water partition coefficient (Wildman–Crippen LogP) is 18.6. The number of hydrogen-bond acceptors (Lipinski definition) is 6. The van der Waals surface area contributed by atoms with Crippen LogP contribution < -0.4 is 0 Å². The van der Waals surface area contributed by atoms with E-state index in [2.05, 4.69) is 27.7 Å². The fourth-order valence-corrected chi connectivity index (χ4v) is 8.72. The largest absolute Gasteiger partial charge is 0.462 e. The van der Waals surface area contributed by atoms with Crippen LogP contribution in [-0.4, -0.2) is 37.2 Å². The zero-order valence-corrected chi connectivity index (χ0v) is 43.0. The fraction of sp³-hybridized carbons (Fsp3) is 0.947. The second-order valence-electron chi connectivity index (χ2n) is 19.8. The Morgan fingerprint density at radius 1 is 0.317 bits per heavy atom. The maximum Gasteiger partial charge on any atom is 0.306 e. The molecule has 0 aromatic rings. The number of carbonyl (C=O) groups excluding carboxylic acids is 3. The molecule has 0 aliphatic heterocycles. The predicted molar refractivity (Wildman–Crippen MR) is 270 cm³/mol. The highest BCUT2D eigenvalue weighted by atomic mass is 16.6. The highest BCUT2D eigenvalue weighted by Crippen LogP contribution is 2.18. The Kier molecular flexibility index (Phi) is 50.1. The first-order chi connectivity index (χ1) is 30.9. The number of ether oxygens (including phenoxy) is 3. The molecule has 1 unspecified atom stereocenters. The van der Waals surface area contributed by atoms with Gasteiger partial charge in [0, 0.05) is 19.3 Å². The molecule has 374 valence electrons. The first-order valence-electron chi connectivity index (χ1n) is 28.4. The molecule has 0 N–H and O–H groups in total. The van der Waals surface area contributed by atoms with Gasteiger partial charge in [0.2, 0.25) is 0 Å². The van der Waals surface area contributed by atoms with E-state index in [1.165, 1.54) is 218 Å². The third kappa shape index (κ3) is 49.7. The van der Waals surface area contributed by atoms with Crippen molar-refractivity contribution in [2.75, 3.05) is 13.2 Å². The summed E-state index contributed by atoms with van der Waals surface area (Å²) in [5.74, 6) is 0.00848. The lowest BCUT2D eigenvalue weighted by molar-refractivity contribution is -0.167. The third-order valence-electron chi connectivity index (χ3n) is 13.4. The Balaban J connectivity index is 4.28. The van der Waals surface area contributed by atoms with Gasteiger partial charge in [0.25, 0.3) is 0 Å². The van der Waals surface area contributed by atoms with E-state index in [1.54, 1.807) is 0 Å². The van der Waals surface area contributed by atoms with Crippen LogP contribution in [0.1, 0.15) is 323 Å². The minimum absolute atomic E-state index is 0.0625. The van der Waals surface area contributed by atoms with Crippen LogP contribution in [-0.2, 0) is 28.6 Å². The topological polar surface area (TPSA) is 78.9 Å². The van der Waals surface area contributed by atoms with Crippen LogP contribution in [0, 0.1) is 5.92 Å². The second-order valence-corrected chi connectivity index (χ2v) is 19.8. The van der Waals surface area contributed by atoms with Crippen molar-refractivity contribution < 1.29 is 28.6 Å². The van der Waals surface area contributed by atoms with Crippen LogP contribution in [0.2, 0.25) is 0 Å². The maximum absolute atomic E-state index is 12.8. The van der Waals surface area contributed by atoms with Gasteiger partial charge in [-0.15, -0.1) is 0 Å². The van der Waals surface area contributed by atoms with Gasteiger partial charge in [0.05, 0.1) is 0 Å². The van der Waals surface area contributed by atoms with Gasteiger partial charge >= 0.3 is 17.9 Å². The van der Waals surface area contributed by atoms with Crippen molar-refractivity contribution in [2.45, 2.75) is 329 Å². The lowest BCUT2D eigenvalue weighted by atomic mass is 9.99. The molecule has 0 aliphatic carbocycles. The highest BCUT2D eigenvalue weighted by molar-refractivity contribution is 5.71. The summed E-state index contributed by atoms with van der Waals surface area (Å²) in [5, 5.41) is 0. The van der Waals surface area contributed by atoms with Crippen molar-refractivity contribution in [3.05, 3.63) is 0 Å². The van der Waals surface area contributed by atoms with Gasteiger partial charge in [-0.1, -0.05) is 285 Å². The monoisotopic (exact) mass is 891 g/mol. The minimum Gasteiger partial charge on any atom is -0.462 e. The summed E-state index contributed by atoms with van der Waals surface area (Å²) in [4.78, 5) is 38.1. The molecule has 0 spiro atoms. The summed E-state index contributed by atoms with van der Waals surface area (Å²) in [5.41, 5.74) is 0. The third-order valence-corrected chi connectivity index (χ3v) is 13.4. The van der Waals surface area contributed by atoms with E-state index in [0.29, 0.717) is 19.3 Å². The molecule has 2 atom stereocenters. The Bertz CT molecular complexity index is 951. The van der Waals surface area contributed by atoms with E-state index in [1.807, 2.05) is 0 Å². The summed E-state index contributed by atoms with van der Waals surface area (Å²) >= 11 is 0. The molecule has 0 aliphatic rings. The molecule has 0 saturated carbocycles. The molecule has 0 amide bonds. The van der Waals surface area contributed by atoms with E-state index in [0.717, 1.165) is 63.7 Å². The van der Waals surface area contributed by atoms with Gasteiger partial charge in [-0.25, -0.2) is 0 Å². The fourth-order valence-electron chi connectivity index (χ4n) is 8.72. The number of carbonyl (C=O) groups is 3. The SMILES string of the molecule is CCCCCCCCCCCCCCCCCCCCCC(=O)O[C@H](COC(=O)CCCCCCCCCCCCCCCC)COC(=O)CCCCCCCCCCC(C)CC. The molecule has 6 nitrogen and oxygen atoms in total. The molecule has 0 heterocycles. The Hall–Kier alpha value is -1.59. The van der Waals surface area contributed by atoms with Gasteiger partial charge in [-0.3, -0.25) is 14.4 Å². The van der Waals surface area contributed by atoms with E-state index in [4.69, 9.17) is 14.2 Å². The van der Waals surface area contributed by atoms with Crippen molar-refractivity contribution in [3.63, 3.8) is 0 Å². The summed E-state index contributed by atoms with van der Waals surface area (Å²) in [6.45, 7) is 9.05. The highest BCUT2D eigenvalue weighted by Gasteiger charge is 2.19. The standard InChI is InChI=1S/C57H110O6/c1-5-8-10-12-14-16-18-20-22-23-24-25-26-28-30-32-38-42-46-50-57(60)63-54(52-62-56(59)49-45-41-37-34-33-35-39-43-47-53(4)7-3)51-61-55(58)48-44-40-36-31-29-27-21-19-17-15-13-11-9-6-2/h53-54H,5-52H2,1-4H3/t53?,54-/m1/s1. The van der Waals surface area contributed by atoms with Crippen molar-refractivity contribution in [3.8, 4) is 0 Å². The van der Waals surface area contributed by atoms with Crippen molar-refractivity contribution in [1.82, 2.24) is 0 Å². The molecule has 0 radical (unpaired) electrons. The van der Waals surface area contributed by atoms with Gasteiger partial charge in [0.15, 0.2) is 6.10 Å². The summed E-state index contributed by atoms with van der Waals surface area (Å²) < 4.78 is 16.9. The number of esters is 3. The molecule has 0 rings (SSSR count). The number of rotatable bonds is 52. The first-order valence-corrected chi connectivity index (χ1v) is 28.4. The van der Waals surface area contributed by atoms with E-state index >= 15 is 0 Å². The zero-order valence-electron chi connectivity index (χ0n) is 43.0. The molecule has 0 saturated heterocycles. The quantitative estimate of drug-likeness (QED) is 0.0344. The normalized spacial score (nSPS) is 12.4. The van der Waals surface area contributed by atoms with E-state index in [9.17, 15) is 14.4 Å². The van der Waals surface area contributed by atoms with Crippen LogP contribution in [0.3, 0.4) is 0 Å². The van der Waals surface area contributed by atoms with Crippen LogP contribution in [0.25, 0.3) is 0 Å². The maximum atomic E-state index is 12.8. The minimum atomic E-state index is -0.762. The Labute approximate surface area is 393 Å². The average molecular weight is 892 g/mol. The number of hydrogen-bond donors (Lipinski definition) is 0. The van der Waals surface area contributed by atoms with Crippen molar-refractivity contribution >= 4 is 17.9 Å². The number of unbranched alkanes of at least 4 members (excludes halogenated alkanes) is 38. The van der Waals surface area contributed by atoms with Gasteiger partial charge in [0.1, 0.15) is 13.2 Å². The molecule has 6 heteroatoms. The molecular weight excluding hydrogens is 781 g/mol. The van der Waals surface area contributed by atoms with Crippen LogP contribution in [0.4, 0.5) is 0 Å². The van der Waals surface area contributed by atoms with Crippen LogP contribution in [0.5, 0.6) is 0 Å². The lowest BCUT2D eigenvalue weighted by Crippen LogP contribution is -2.30. The van der Waals surface area contributed by atoms with Gasteiger partial charge < -0.3 is 14.2 Å². The molecule has 0 aromatic heterocycles. The first kappa shape index (κ1) is 61.4. The van der Waals surface area contributed by atoms with E-state index < -0.39 is 6.10 Å². The van der Waals surface area contributed by atoms with Crippen LogP contribution in [0.15, 0.2) is 0 Å². The van der Waals surface area contributed by atoms with Gasteiger partial charge in [-0.2, -0.15) is 0 Å². The molecule has 0 fully saturated rings. The van der Waals surface area contributed by atoms with Crippen molar-refractivity contribution in [2.24, 2.45) is 5.92 Å². The smallest absolute Gasteiger partial charge is 0.306 e. The molecule has 0 aromatic carbocycles. The van der Waals surface area contributed by atoms with E-state index in [-0.39, 0.29) is 31.1 Å². The van der Waals surface area contributed by atoms with Crippen LogP contribution >= 0.6 is 0 Å². The summed E-state index contributed by atoms with van der Waals surface area (Å²) in [6, 6.07) is 0. The van der Waals surface area contributed by atoms with Crippen molar-refractivity contribution in [1.29, 1.82) is 0 Å². The molecular formula is C57H110O6. The second kappa shape index (κ2) is 51.4. The summed E-state index contributed by atoms with van der Waals surface area (Å²) in [6.07, 6.45) is 55.2. The Morgan fingerprint density at radius 2 is 0.556 bits per heavy atom. The average Bonchev–Trinajstić information content (AvgIpc) is 3.28.